The first-order valence-corrected chi connectivity index (χ1v) is 7.57. The van der Waals surface area contributed by atoms with Crippen LogP contribution in [0.25, 0.3) is 28.0 Å². The van der Waals surface area contributed by atoms with Crippen LogP contribution in [0.3, 0.4) is 0 Å². The van der Waals surface area contributed by atoms with Gasteiger partial charge in [0.1, 0.15) is 11.4 Å². The van der Waals surface area contributed by atoms with E-state index in [0.717, 1.165) is 12.1 Å². The van der Waals surface area contributed by atoms with Crippen LogP contribution in [0.15, 0.2) is 60.9 Å². The van der Waals surface area contributed by atoms with E-state index in [2.05, 4.69) is 15.1 Å². The van der Waals surface area contributed by atoms with Gasteiger partial charge in [0.2, 0.25) is 0 Å². The second kappa shape index (κ2) is 5.91. The second-order valence-electron chi connectivity index (χ2n) is 5.54. The number of halogens is 4. The van der Waals surface area contributed by atoms with E-state index in [9.17, 15) is 17.6 Å². The molecule has 0 saturated heterocycles. The minimum Gasteiger partial charge on any atom is -0.253 e. The van der Waals surface area contributed by atoms with Crippen LogP contribution in [-0.2, 0) is 6.18 Å². The first-order chi connectivity index (χ1) is 12.4. The van der Waals surface area contributed by atoms with Crippen molar-refractivity contribution in [3.8, 4) is 16.9 Å². The summed E-state index contributed by atoms with van der Waals surface area (Å²) in [6.07, 6.45) is -1.94. The Kier molecular flexibility index (Phi) is 3.68. The molecule has 0 aliphatic heterocycles. The first kappa shape index (κ1) is 16.2. The molecule has 0 amide bonds. The highest BCUT2D eigenvalue weighted by molar-refractivity contribution is 5.76. The van der Waals surface area contributed by atoms with Crippen molar-refractivity contribution >= 4 is 11.0 Å². The van der Waals surface area contributed by atoms with E-state index in [0.29, 0.717) is 10.2 Å². The van der Waals surface area contributed by atoms with Crippen molar-refractivity contribution in [3.63, 3.8) is 0 Å². The number of nitrogens with zero attached hydrogens (tertiary/aromatic N) is 4. The summed E-state index contributed by atoms with van der Waals surface area (Å²) in [5.74, 6) is -0.869. The third-order valence-corrected chi connectivity index (χ3v) is 3.84. The molecule has 26 heavy (non-hydrogen) atoms. The molecule has 0 bridgehead atoms. The van der Waals surface area contributed by atoms with Gasteiger partial charge in [-0.15, -0.1) is 0 Å². The average Bonchev–Trinajstić information content (AvgIpc) is 3.07. The number of hydrogen-bond acceptors (Lipinski definition) is 3. The van der Waals surface area contributed by atoms with Gasteiger partial charge < -0.3 is 0 Å². The van der Waals surface area contributed by atoms with Gasteiger partial charge in [0.25, 0.3) is 0 Å². The van der Waals surface area contributed by atoms with Crippen LogP contribution < -0.4 is 0 Å². The van der Waals surface area contributed by atoms with E-state index in [1.54, 1.807) is 30.3 Å². The zero-order valence-corrected chi connectivity index (χ0v) is 13.1. The third-order valence-electron chi connectivity index (χ3n) is 3.84. The number of rotatable bonds is 2. The fourth-order valence-electron chi connectivity index (χ4n) is 2.65. The summed E-state index contributed by atoms with van der Waals surface area (Å²) in [7, 11) is 0. The standard InChI is InChI=1S/C18H10F4N4/c19-12-8-14-15(24-7-6-23-14)9-16(12)26-17(18(20,21)22)10-13(25-26)11-4-2-1-3-5-11/h1-10H. The number of hydrogen-bond donors (Lipinski definition) is 0. The summed E-state index contributed by atoms with van der Waals surface area (Å²) >= 11 is 0. The van der Waals surface area contributed by atoms with Crippen LogP contribution in [0.2, 0.25) is 0 Å². The smallest absolute Gasteiger partial charge is 0.253 e. The van der Waals surface area contributed by atoms with Crippen LogP contribution in [0.5, 0.6) is 0 Å². The lowest BCUT2D eigenvalue weighted by Gasteiger charge is -2.11. The largest absolute Gasteiger partial charge is 0.433 e. The average molecular weight is 358 g/mol. The molecule has 130 valence electrons. The molecule has 0 atom stereocenters. The number of fused-ring (bicyclic) bond motifs is 1. The van der Waals surface area contributed by atoms with Gasteiger partial charge in [-0.1, -0.05) is 30.3 Å². The maximum Gasteiger partial charge on any atom is 0.433 e. The maximum atomic E-state index is 14.5. The summed E-state index contributed by atoms with van der Waals surface area (Å²) < 4.78 is 55.5. The first-order valence-electron chi connectivity index (χ1n) is 7.57. The molecule has 0 aliphatic rings. The van der Waals surface area contributed by atoms with Gasteiger partial charge in [0.15, 0.2) is 5.82 Å². The van der Waals surface area contributed by atoms with Crippen LogP contribution in [0.4, 0.5) is 17.6 Å². The van der Waals surface area contributed by atoms with Crippen molar-refractivity contribution in [1.82, 2.24) is 19.7 Å². The van der Waals surface area contributed by atoms with Gasteiger partial charge in [0.05, 0.1) is 16.7 Å². The molecule has 2 heterocycles. The summed E-state index contributed by atoms with van der Waals surface area (Å²) in [5, 5.41) is 3.99. The van der Waals surface area contributed by atoms with Crippen molar-refractivity contribution in [3.05, 3.63) is 72.4 Å². The van der Waals surface area contributed by atoms with E-state index in [-0.39, 0.29) is 22.4 Å². The predicted octanol–water partition coefficient (Wildman–Crippen LogP) is 4.64. The Morgan fingerprint density at radius 3 is 2.15 bits per heavy atom. The molecule has 4 aromatic rings. The highest BCUT2D eigenvalue weighted by Gasteiger charge is 2.37. The maximum absolute atomic E-state index is 14.5. The van der Waals surface area contributed by atoms with Crippen LogP contribution in [0.1, 0.15) is 5.69 Å². The van der Waals surface area contributed by atoms with Gasteiger partial charge in [-0.25, -0.2) is 9.07 Å². The van der Waals surface area contributed by atoms with Gasteiger partial charge in [-0.3, -0.25) is 9.97 Å². The van der Waals surface area contributed by atoms with Gasteiger partial charge in [-0.2, -0.15) is 18.3 Å². The quantitative estimate of drug-likeness (QED) is 0.490. The Morgan fingerprint density at radius 2 is 1.50 bits per heavy atom. The molecule has 0 radical (unpaired) electrons. The zero-order chi connectivity index (χ0) is 18.3. The fourth-order valence-corrected chi connectivity index (χ4v) is 2.65. The van der Waals surface area contributed by atoms with Crippen molar-refractivity contribution in [2.45, 2.75) is 6.18 Å². The van der Waals surface area contributed by atoms with Gasteiger partial charge in [-0.05, 0) is 12.1 Å². The Bertz CT molecular complexity index is 1090. The van der Waals surface area contributed by atoms with Crippen molar-refractivity contribution in [1.29, 1.82) is 0 Å². The summed E-state index contributed by atoms with van der Waals surface area (Å²) in [6, 6.07) is 11.5. The number of benzene rings is 2. The summed E-state index contributed by atoms with van der Waals surface area (Å²) in [6.45, 7) is 0. The van der Waals surface area contributed by atoms with Crippen molar-refractivity contribution < 1.29 is 17.6 Å². The van der Waals surface area contributed by atoms with Crippen LogP contribution in [-0.4, -0.2) is 19.7 Å². The molecule has 0 fully saturated rings. The lowest BCUT2D eigenvalue weighted by atomic mass is 10.1. The van der Waals surface area contributed by atoms with E-state index < -0.39 is 17.7 Å². The molecule has 0 saturated carbocycles. The molecule has 0 N–H and O–H groups in total. The molecule has 2 aromatic carbocycles. The van der Waals surface area contributed by atoms with Gasteiger partial charge in [0, 0.05) is 24.0 Å². The Labute approximate surface area is 144 Å². The number of aromatic nitrogens is 4. The molecule has 4 rings (SSSR count). The lowest BCUT2D eigenvalue weighted by molar-refractivity contribution is -0.142. The summed E-state index contributed by atoms with van der Waals surface area (Å²) in [5.41, 5.74) is -0.299. The predicted molar refractivity (Wildman–Crippen MR) is 87.1 cm³/mol. The van der Waals surface area contributed by atoms with E-state index in [1.807, 2.05) is 0 Å². The number of alkyl halides is 3. The van der Waals surface area contributed by atoms with E-state index >= 15 is 0 Å². The van der Waals surface area contributed by atoms with Crippen LogP contribution >= 0.6 is 0 Å². The van der Waals surface area contributed by atoms with Crippen molar-refractivity contribution in [2.75, 3.05) is 0 Å². The Morgan fingerprint density at radius 1 is 0.846 bits per heavy atom. The molecule has 4 nitrogen and oxygen atoms in total. The topological polar surface area (TPSA) is 43.6 Å². The normalized spacial score (nSPS) is 11.8. The molecule has 2 aromatic heterocycles. The third kappa shape index (κ3) is 2.79. The minimum absolute atomic E-state index is 0.0940. The lowest BCUT2D eigenvalue weighted by Crippen LogP contribution is -2.14. The Hall–Kier alpha value is -3.29. The highest BCUT2D eigenvalue weighted by atomic mass is 19.4. The fraction of sp³-hybridized carbons (Fsp3) is 0.0556. The second-order valence-corrected chi connectivity index (χ2v) is 5.54. The SMILES string of the molecule is Fc1cc2nccnc2cc1-n1nc(-c2ccccc2)cc1C(F)(F)F. The molecule has 8 heteroatoms. The molecular formula is C18H10F4N4. The monoisotopic (exact) mass is 358 g/mol. The van der Waals surface area contributed by atoms with Gasteiger partial charge >= 0.3 is 6.18 Å². The van der Waals surface area contributed by atoms with Crippen molar-refractivity contribution in [2.24, 2.45) is 0 Å². The molecule has 0 unspecified atom stereocenters. The van der Waals surface area contributed by atoms with E-state index in [4.69, 9.17) is 0 Å². The zero-order valence-electron chi connectivity index (χ0n) is 13.1. The van der Waals surface area contributed by atoms with Crippen LogP contribution in [0, 0.1) is 5.82 Å². The summed E-state index contributed by atoms with van der Waals surface area (Å²) in [4.78, 5) is 7.96. The highest BCUT2D eigenvalue weighted by Crippen LogP contribution is 2.35. The molecule has 0 spiro atoms. The Balaban J connectivity index is 1.96. The molecular weight excluding hydrogens is 348 g/mol. The van der Waals surface area contributed by atoms with E-state index in [1.165, 1.54) is 18.5 Å². The molecule has 0 aliphatic carbocycles. The minimum atomic E-state index is -4.70.